The summed E-state index contributed by atoms with van der Waals surface area (Å²) in [5.74, 6) is -0.0730. The molecule has 0 saturated carbocycles. The number of aryl methyl sites for hydroxylation is 1. The van der Waals surface area contributed by atoms with Gasteiger partial charge < -0.3 is 21.4 Å². The highest BCUT2D eigenvalue weighted by Crippen LogP contribution is 2.30. The molecule has 0 aliphatic heterocycles. The lowest BCUT2D eigenvalue weighted by Crippen LogP contribution is -2.45. The fraction of sp³-hybridized carbons (Fsp3) is 0.227. The molecule has 7 nitrogen and oxygen atoms in total. The van der Waals surface area contributed by atoms with Crippen LogP contribution in [-0.4, -0.2) is 27.8 Å². The first kappa shape index (κ1) is 18.7. The Morgan fingerprint density at radius 1 is 1.17 bits per heavy atom. The first-order chi connectivity index (χ1) is 14.0. The van der Waals surface area contributed by atoms with Gasteiger partial charge in [-0.25, -0.2) is 4.98 Å². The van der Waals surface area contributed by atoms with Gasteiger partial charge in [-0.05, 0) is 48.6 Å². The van der Waals surface area contributed by atoms with Gasteiger partial charge in [0.2, 0.25) is 5.91 Å². The number of aromatic nitrogens is 2. The molecule has 1 aliphatic carbocycles. The minimum absolute atomic E-state index is 0.111. The maximum atomic E-state index is 12.6. The molecule has 1 aromatic carbocycles. The Balaban J connectivity index is 1.37. The van der Waals surface area contributed by atoms with E-state index in [9.17, 15) is 9.59 Å². The number of nitrogens with one attached hydrogen (secondary N) is 3. The maximum absolute atomic E-state index is 12.6. The number of carbonyl (C=O) groups excluding carboxylic acids is 2. The van der Waals surface area contributed by atoms with Gasteiger partial charge in [0, 0.05) is 11.9 Å². The first-order valence-corrected chi connectivity index (χ1v) is 9.61. The number of fused-ring (bicyclic) bond motifs is 1. The Hall–Kier alpha value is -3.61. The average molecular weight is 389 g/mol. The molecule has 5 N–H and O–H groups in total. The number of amides is 2. The minimum Gasteiger partial charge on any atom is -0.384 e. The van der Waals surface area contributed by atoms with E-state index in [0.717, 1.165) is 35.2 Å². The van der Waals surface area contributed by atoms with Crippen molar-refractivity contribution in [1.29, 1.82) is 0 Å². The molecule has 2 atom stereocenters. The van der Waals surface area contributed by atoms with Crippen molar-refractivity contribution in [2.24, 2.45) is 0 Å². The van der Waals surface area contributed by atoms with E-state index in [2.05, 4.69) is 20.6 Å². The second-order valence-corrected chi connectivity index (χ2v) is 7.24. The number of rotatable bonds is 5. The number of H-pyrrole nitrogens is 1. The number of nitrogens with two attached hydrogens (primary N) is 1. The molecule has 3 aromatic rings. The molecule has 0 spiro atoms. The number of anilines is 1. The summed E-state index contributed by atoms with van der Waals surface area (Å²) in [6.45, 7) is 1.67. The van der Waals surface area contributed by atoms with Gasteiger partial charge in [-0.2, -0.15) is 0 Å². The van der Waals surface area contributed by atoms with E-state index in [4.69, 9.17) is 5.73 Å². The molecule has 1 aliphatic rings. The summed E-state index contributed by atoms with van der Waals surface area (Å²) >= 11 is 0. The van der Waals surface area contributed by atoms with Crippen LogP contribution >= 0.6 is 0 Å². The van der Waals surface area contributed by atoms with Gasteiger partial charge in [-0.15, -0.1) is 0 Å². The fourth-order valence-electron chi connectivity index (χ4n) is 3.59. The monoisotopic (exact) mass is 389 g/mol. The Labute approximate surface area is 168 Å². The SMILES string of the molecule is C[C@H](NC(=O)c1cc(-c2ccccc2)c[nH]1)C(=O)N[C@@H]1CCc2nc(N)ccc21. The molecule has 148 valence electrons. The summed E-state index contributed by atoms with van der Waals surface area (Å²) in [7, 11) is 0. The second-order valence-electron chi connectivity index (χ2n) is 7.24. The average Bonchev–Trinajstić information content (AvgIpc) is 3.36. The third-order valence-electron chi connectivity index (χ3n) is 5.17. The van der Waals surface area contributed by atoms with E-state index in [1.165, 1.54) is 0 Å². The van der Waals surface area contributed by atoms with E-state index >= 15 is 0 Å². The topological polar surface area (TPSA) is 113 Å². The molecule has 0 saturated heterocycles. The summed E-state index contributed by atoms with van der Waals surface area (Å²) in [6, 6.07) is 14.4. The molecule has 0 radical (unpaired) electrons. The lowest BCUT2D eigenvalue weighted by molar-refractivity contribution is -0.123. The van der Waals surface area contributed by atoms with Crippen molar-refractivity contribution in [2.75, 3.05) is 5.73 Å². The van der Waals surface area contributed by atoms with Crippen molar-refractivity contribution >= 4 is 17.6 Å². The lowest BCUT2D eigenvalue weighted by Gasteiger charge is -2.18. The third kappa shape index (κ3) is 3.99. The van der Waals surface area contributed by atoms with Crippen LogP contribution in [0.3, 0.4) is 0 Å². The summed E-state index contributed by atoms with van der Waals surface area (Å²) in [5.41, 5.74) is 9.98. The largest absolute Gasteiger partial charge is 0.384 e. The molecule has 29 heavy (non-hydrogen) atoms. The van der Waals surface area contributed by atoms with Gasteiger partial charge >= 0.3 is 0 Å². The van der Waals surface area contributed by atoms with Gasteiger partial charge in [-0.3, -0.25) is 9.59 Å². The fourth-order valence-corrected chi connectivity index (χ4v) is 3.59. The van der Waals surface area contributed by atoms with Crippen LogP contribution in [0.5, 0.6) is 0 Å². The van der Waals surface area contributed by atoms with Crippen molar-refractivity contribution in [3.05, 3.63) is 71.7 Å². The van der Waals surface area contributed by atoms with Crippen molar-refractivity contribution in [2.45, 2.75) is 31.8 Å². The predicted molar refractivity (Wildman–Crippen MR) is 111 cm³/mol. The van der Waals surface area contributed by atoms with Crippen LogP contribution in [-0.2, 0) is 11.2 Å². The molecular weight excluding hydrogens is 366 g/mol. The first-order valence-electron chi connectivity index (χ1n) is 9.61. The highest BCUT2D eigenvalue weighted by molar-refractivity contribution is 5.97. The zero-order valence-electron chi connectivity index (χ0n) is 16.1. The van der Waals surface area contributed by atoms with Gasteiger partial charge in [0.15, 0.2) is 0 Å². The van der Waals surface area contributed by atoms with Crippen LogP contribution in [0.15, 0.2) is 54.7 Å². The van der Waals surface area contributed by atoms with E-state index < -0.39 is 6.04 Å². The van der Waals surface area contributed by atoms with Crippen LogP contribution in [0, 0.1) is 0 Å². The van der Waals surface area contributed by atoms with Gasteiger partial charge in [0.05, 0.1) is 6.04 Å². The minimum atomic E-state index is -0.670. The van der Waals surface area contributed by atoms with Crippen molar-refractivity contribution in [1.82, 2.24) is 20.6 Å². The van der Waals surface area contributed by atoms with Crippen LogP contribution in [0.1, 0.15) is 41.1 Å². The van der Waals surface area contributed by atoms with Crippen molar-refractivity contribution < 1.29 is 9.59 Å². The summed E-state index contributed by atoms with van der Waals surface area (Å²) in [6.07, 6.45) is 3.33. The predicted octanol–water partition coefficient (Wildman–Crippen LogP) is 2.58. The molecule has 2 amide bonds. The summed E-state index contributed by atoms with van der Waals surface area (Å²) < 4.78 is 0. The number of hydrogen-bond acceptors (Lipinski definition) is 4. The number of carbonyl (C=O) groups is 2. The second kappa shape index (κ2) is 7.79. The molecule has 7 heteroatoms. The zero-order valence-corrected chi connectivity index (χ0v) is 16.1. The lowest BCUT2D eigenvalue weighted by atomic mass is 10.1. The smallest absolute Gasteiger partial charge is 0.268 e. The number of nitrogens with zero attached hydrogens (tertiary/aromatic N) is 1. The van der Waals surface area contributed by atoms with E-state index in [0.29, 0.717) is 11.5 Å². The Kier molecular flexibility index (Phi) is 5.03. The maximum Gasteiger partial charge on any atom is 0.268 e. The molecule has 2 aromatic heterocycles. The Morgan fingerprint density at radius 2 is 1.97 bits per heavy atom. The number of hydrogen-bond donors (Lipinski definition) is 4. The zero-order chi connectivity index (χ0) is 20.4. The molecule has 0 fully saturated rings. The summed E-state index contributed by atoms with van der Waals surface area (Å²) in [5, 5.41) is 5.75. The van der Waals surface area contributed by atoms with E-state index in [1.54, 1.807) is 25.3 Å². The number of benzene rings is 1. The van der Waals surface area contributed by atoms with E-state index in [-0.39, 0.29) is 17.9 Å². The van der Waals surface area contributed by atoms with Crippen molar-refractivity contribution in [3.8, 4) is 11.1 Å². The molecule has 0 bridgehead atoms. The van der Waals surface area contributed by atoms with Crippen LogP contribution in [0.25, 0.3) is 11.1 Å². The summed E-state index contributed by atoms with van der Waals surface area (Å²) in [4.78, 5) is 32.4. The highest BCUT2D eigenvalue weighted by Gasteiger charge is 2.27. The quantitative estimate of drug-likeness (QED) is 0.537. The standard InChI is InChI=1S/C22H23N5O2/c1-13(21(28)27-18-9-8-17-16(18)7-10-20(23)26-17)25-22(29)19-11-15(12-24-19)14-5-3-2-4-6-14/h2-7,10-13,18,24H,8-9H2,1H3,(H2,23,26)(H,25,29)(H,27,28)/t13-,18+/m0/s1. The normalized spacial score (nSPS) is 16.1. The Bertz CT molecular complexity index is 1040. The van der Waals surface area contributed by atoms with Gasteiger partial charge in [0.25, 0.3) is 5.91 Å². The van der Waals surface area contributed by atoms with Crippen LogP contribution in [0.2, 0.25) is 0 Å². The van der Waals surface area contributed by atoms with E-state index in [1.807, 2.05) is 36.4 Å². The third-order valence-corrected chi connectivity index (χ3v) is 5.17. The molecule has 4 rings (SSSR count). The van der Waals surface area contributed by atoms with Crippen molar-refractivity contribution in [3.63, 3.8) is 0 Å². The number of nitrogen functional groups attached to an aromatic ring is 1. The highest BCUT2D eigenvalue weighted by atomic mass is 16.2. The van der Waals surface area contributed by atoms with Crippen LogP contribution < -0.4 is 16.4 Å². The number of pyridine rings is 1. The van der Waals surface area contributed by atoms with Gasteiger partial charge in [0.1, 0.15) is 17.6 Å². The molecular formula is C22H23N5O2. The molecule has 0 unspecified atom stereocenters. The van der Waals surface area contributed by atoms with Gasteiger partial charge in [-0.1, -0.05) is 36.4 Å². The Morgan fingerprint density at radius 3 is 2.76 bits per heavy atom. The number of aromatic amines is 1. The van der Waals surface area contributed by atoms with Crippen LogP contribution in [0.4, 0.5) is 5.82 Å². The molecule has 2 heterocycles.